The van der Waals surface area contributed by atoms with E-state index in [2.05, 4.69) is 15.4 Å². The molecule has 1 N–H and O–H groups in total. The number of carbonyl (C=O) groups is 2. The van der Waals surface area contributed by atoms with Crippen molar-refractivity contribution in [1.82, 2.24) is 19.3 Å². The number of aromatic nitrogens is 4. The van der Waals surface area contributed by atoms with E-state index in [0.29, 0.717) is 38.9 Å². The van der Waals surface area contributed by atoms with Crippen LogP contribution < -0.4 is 10.9 Å². The average molecular weight is 494 g/mol. The minimum Gasteiger partial charge on any atom is -0.462 e. The largest absolute Gasteiger partial charge is 0.462 e. The number of anilines is 1. The lowest BCUT2D eigenvalue weighted by Crippen LogP contribution is -2.27. The molecule has 1 amide bonds. The van der Waals surface area contributed by atoms with Crippen LogP contribution >= 0.6 is 11.8 Å². The molecule has 0 saturated heterocycles. The fourth-order valence-corrected chi connectivity index (χ4v) is 5.01. The lowest BCUT2D eigenvalue weighted by Gasteiger charge is -2.13. The van der Waals surface area contributed by atoms with Gasteiger partial charge >= 0.3 is 5.97 Å². The summed E-state index contributed by atoms with van der Waals surface area (Å²) in [6.07, 6.45) is 1.52. The van der Waals surface area contributed by atoms with Gasteiger partial charge in [0.05, 0.1) is 30.1 Å². The summed E-state index contributed by atoms with van der Waals surface area (Å²) in [5.74, 6) is -0.536. The van der Waals surface area contributed by atoms with Crippen molar-refractivity contribution in [2.24, 2.45) is 0 Å². The van der Waals surface area contributed by atoms with Crippen LogP contribution in [0.3, 0.4) is 0 Å². The van der Waals surface area contributed by atoms with E-state index in [1.165, 1.54) is 39.3 Å². The zero-order valence-corrected chi connectivity index (χ0v) is 19.4. The summed E-state index contributed by atoms with van der Waals surface area (Å²) in [4.78, 5) is 42.3. The molecule has 1 atom stereocenters. The summed E-state index contributed by atoms with van der Waals surface area (Å²) in [6.45, 7) is 2.02. The summed E-state index contributed by atoms with van der Waals surface area (Å²) in [5.41, 5.74) is 1.63. The molecular weight excluding hydrogens is 473 g/mol. The number of hydrogen-bond donors (Lipinski definition) is 1. The molecule has 0 saturated carbocycles. The second-order valence-corrected chi connectivity index (χ2v) is 8.84. The Balaban J connectivity index is 1.34. The molecule has 0 bridgehead atoms. The maximum atomic E-state index is 13.3. The molecule has 1 unspecified atom stereocenters. The minimum atomic E-state index is -0.425. The van der Waals surface area contributed by atoms with Crippen molar-refractivity contribution in [2.75, 3.05) is 17.7 Å². The van der Waals surface area contributed by atoms with Crippen LogP contribution in [0.4, 0.5) is 10.1 Å². The first-order chi connectivity index (χ1) is 16.9. The van der Waals surface area contributed by atoms with Gasteiger partial charge in [-0.3, -0.25) is 14.2 Å². The van der Waals surface area contributed by atoms with Crippen molar-refractivity contribution in [2.45, 2.75) is 24.5 Å². The van der Waals surface area contributed by atoms with E-state index in [1.807, 2.05) is 0 Å². The summed E-state index contributed by atoms with van der Waals surface area (Å²) in [7, 11) is 0. The molecule has 0 fully saturated rings. The van der Waals surface area contributed by atoms with Gasteiger partial charge in [0.1, 0.15) is 11.2 Å². The topological polar surface area (TPSA) is 108 Å². The average Bonchev–Trinajstić information content (AvgIpc) is 3.45. The van der Waals surface area contributed by atoms with Gasteiger partial charge in [-0.15, -0.1) is 0 Å². The summed E-state index contributed by atoms with van der Waals surface area (Å²) in [5, 5.41) is 7.89. The number of ether oxygens (including phenoxy) is 1. The van der Waals surface area contributed by atoms with Gasteiger partial charge in [0, 0.05) is 17.9 Å². The third-order valence-electron chi connectivity index (χ3n) is 5.54. The Hall–Kier alpha value is -3.99. The molecule has 11 heteroatoms. The molecule has 3 heterocycles. The Morgan fingerprint density at radius 1 is 1.17 bits per heavy atom. The Morgan fingerprint density at radius 2 is 1.91 bits per heavy atom. The van der Waals surface area contributed by atoms with E-state index in [4.69, 9.17) is 4.74 Å². The number of thioether (sulfide) groups is 1. The predicted octanol–water partition coefficient (Wildman–Crippen LogP) is 3.57. The Kier molecular flexibility index (Phi) is 6.08. The maximum absolute atomic E-state index is 13.3. The third-order valence-corrected chi connectivity index (χ3v) is 6.64. The van der Waals surface area contributed by atoms with E-state index in [9.17, 15) is 18.8 Å². The summed E-state index contributed by atoms with van der Waals surface area (Å²) >= 11 is 1.39. The second kappa shape index (κ2) is 9.34. The Morgan fingerprint density at radius 3 is 2.63 bits per heavy atom. The number of nitrogens with zero attached hydrogens (tertiary/aromatic N) is 4. The standard InChI is InChI=1S/C24H20FN5O4S/c1-2-34-23(33)14-3-7-16(8-4-14)27-20(31)11-18-13-35-24-28-21-19(22(32)29(18)24)12-26-30(21)17-9-5-15(25)6-10-17/h3-10,12,18H,2,11,13H2,1H3,(H,27,31). The highest BCUT2D eigenvalue weighted by Crippen LogP contribution is 2.33. The van der Waals surface area contributed by atoms with Gasteiger partial charge < -0.3 is 10.1 Å². The first-order valence-electron chi connectivity index (χ1n) is 10.9. The minimum absolute atomic E-state index is 0.0822. The van der Waals surface area contributed by atoms with Crippen LogP contribution in [0.5, 0.6) is 0 Å². The molecule has 0 spiro atoms. The summed E-state index contributed by atoms with van der Waals surface area (Å²) in [6, 6.07) is 11.8. The molecule has 1 aliphatic rings. The Labute approximate surface area is 202 Å². The molecule has 178 valence electrons. The number of carbonyl (C=O) groups excluding carboxylic acids is 2. The van der Waals surface area contributed by atoms with Gasteiger partial charge in [-0.1, -0.05) is 11.8 Å². The summed E-state index contributed by atoms with van der Waals surface area (Å²) < 4.78 is 21.3. The molecular formula is C24H20FN5O4S. The molecule has 2 aromatic carbocycles. The monoisotopic (exact) mass is 493 g/mol. The highest BCUT2D eigenvalue weighted by Gasteiger charge is 2.29. The number of amides is 1. The van der Waals surface area contributed by atoms with Crippen LogP contribution in [0.1, 0.15) is 29.7 Å². The molecule has 2 aromatic heterocycles. The van der Waals surface area contributed by atoms with Gasteiger partial charge in [0.15, 0.2) is 10.8 Å². The van der Waals surface area contributed by atoms with Crippen molar-refractivity contribution in [3.63, 3.8) is 0 Å². The van der Waals surface area contributed by atoms with Crippen molar-refractivity contribution in [3.8, 4) is 5.69 Å². The molecule has 0 aliphatic carbocycles. The van der Waals surface area contributed by atoms with Crippen molar-refractivity contribution >= 4 is 40.4 Å². The first kappa shape index (κ1) is 22.8. The fraction of sp³-hybridized carbons (Fsp3) is 0.208. The number of benzene rings is 2. The lowest BCUT2D eigenvalue weighted by molar-refractivity contribution is -0.116. The molecule has 0 radical (unpaired) electrons. The smallest absolute Gasteiger partial charge is 0.338 e. The SMILES string of the molecule is CCOC(=O)c1ccc(NC(=O)CC2CSc3nc4c(cnn4-c4ccc(F)cc4)c(=O)n32)cc1. The van der Waals surface area contributed by atoms with Gasteiger partial charge in [0.25, 0.3) is 5.56 Å². The van der Waals surface area contributed by atoms with E-state index >= 15 is 0 Å². The number of nitrogens with one attached hydrogen (secondary N) is 1. The molecule has 35 heavy (non-hydrogen) atoms. The molecule has 1 aliphatic heterocycles. The molecule has 4 aromatic rings. The Bertz CT molecular complexity index is 1480. The van der Waals surface area contributed by atoms with Gasteiger partial charge in [-0.05, 0) is 55.5 Å². The number of esters is 1. The zero-order valence-electron chi connectivity index (χ0n) is 18.6. The van der Waals surface area contributed by atoms with Crippen LogP contribution in [-0.2, 0) is 9.53 Å². The molecule has 9 nitrogen and oxygen atoms in total. The predicted molar refractivity (Wildman–Crippen MR) is 128 cm³/mol. The van der Waals surface area contributed by atoms with Crippen molar-refractivity contribution in [1.29, 1.82) is 0 Å². The zero-order chi connectivity index (χ0) is 24.5. The number of hydrogen-bond acceptors (Lipinski definition) is 7. The van der Waals surface area contributed by atoms with E-state index in [0.717, 1.165) is 0 Å². The van der Waals surface area contributed by atoms with Gasteiger partial charge in [0.2, 0.25) is 5.91 Å². The van der Waals surface area contributed by atoms with E-state index in [1.54, 1.807) is 43.3 Å². The maximum Gasteiger partial charge on any atom is 0.338 e. The quantitative estimate of drug-likeness (QED) is 0.323. The van der Waals surface area contributed by atoms with Crippen molar-refractivity contribution in [3.05, 3.63) is 76.5 Å². The molecule has 5 rings (SSSR count). The third kappa shape index (κ3) is 4.42. The number of rotatable bonds is 6. The van der Waals surface area contributed by atoms with Crippen molar-refractivity contribution < 1.29 is 18.7 Å². The number of fused-ring (bicyclic) bond motifs is 2. The second-order valence-electron chi connectivity index (χ2n) is 7.85. The van der Waals surface area contributed by atoms with E-state index < -0.39 is 5.97 Å². The highest BCUT2D eigenvalue weighted by atomic mass is 32.2. The van der Waals surface area contributed by atoms with Gasteiger partial charge in [-0.25, -0.2) is 18.9 Å². The lowest BCUT2D eigenvalue weighted by atomic mass is 10.2. The first-order valence-corrected chi connectivity index (χ1v) is 11.9. The normalized spacial score (nSPS) is 14.6. The van der Waals surface area contributed by atoms with Gasteiger partial charge in [-0.2, -0.15) is 5.10 Å². The van der Waals surface area contributed by atoms with Crippen LogP contribution in [0.25, 0.3) is 16.7 Å². The fourth-order valence-electron chi connectivity index (χ4n) is 3.88. The van der Waals surface area contributed by atoms with Crippen LogP contribution in [-0.4, -0.2) is 43.6 Å². The van der Waals surface area contributed by atoms with Crippen LogP contribution in [0.15, 0.2) is 64.7 Å². The number of halogens is 1. The van der Waals surface area contributed by atoms with Crippen LogP contribution in [0, 0.1) is 5.82 Å². The van der Waals surface area contributed by atoms with E-state index in [-0.39, 0.29) is 36.4 Å². The van der Waals surface area contributed by atoms with Crippen LogP contribution in [0.2, 0.25) is 0 Å². The highest BCUT2D eigenvalue weighted by molar-refractivity contribution is 7.99.